The first-order chi connectivity index (χ1) is 9.29. The third-order valence-corrected chi connectivity index (χ3v) is 4.28. The van der Waals surface area contributed by atoms with Crippen molar-refractivity contribution in [2.24, 2.45) is 5.92 Å². The van der Waals surface area contributed by atoms with E-state index in [-0.39, 0.29) is 0 Å². The van der Waals surface area contributed by atoms with Crippen molar-refractivity contribution in [1.82, 2.24) is 15.2 Å². The van der Waals surface area contributed by atoms with Crippen LogP contribution in [0.2, 0.25) is 0 Å². The van der Waals surface area contributed by atoms with Crippen LogP contribution in [0.1, 0.15) is 44.0 Å². The fraction of sp³-hybridized carbons (Fsp3) is 0.688. The van der Waals surface area contributed by atoms with E-state index in [0.29, 0.717) is 0 Å². The molecule has 1 saturated carbocycles. The number of nitrogens with one attached hydrogen (secondary N) is 1. The van der Waals surface area contributed by atoms with Crippen molar-refractivity contribution < 1.29 is 0 Å². The monoisotopic (exact) mass is 259 g/mol. The van der Waals surface area contributed by atoms with Gasteiger partial charge in [-0.05, 0) is 56.8 Å². The quantitative estimate of drug-likeness (QED) is 0.881. The van der Waals surface area contributed by atoms with Gasteiger partial charge in [-0.1, -0.05) is 13.0 Å². The van der Waals surface area contributed by atoms with Crippen LogP contribution in [0.5, 0.6) is 0 Å². The summed E-state index contributed by atoms with van der Waals surface area (Å²) >= 11 is 0. The van der Waals surface area contributed by atoms with Crippen molar-refractivity contribution in [3.05, 3.63) is 29.6 Å². The summed E-state index contributed by atoms with van der Waals surface area (Å²) in [6.07, 6.45) is 5.35. The molecule has 104 valence electrons. The van der Waals surface area contributed by atoms with Gasteiger partial charge in [0.15, 0.2) is 0 Å². The SMILES string of the molecule is CC1CCN(Cc2cccc(CNC3CC3)n2)CC1. The van der Waals surface area contributed by atoms with Crippen LogP contribution in [0.4, 0.5) is 0 Å². The Morgan fingerprint density at radius 2 is 1.89 bits per heavy atom. The minimum atomic E-state index is 0.758. The standard InChI is InChI=1S/C16H25N3/c1-13-7-9-19(10-8-13)12-16-4-2-3-15(18-16)11-17-14-5-6-14/h2-4,13-14,17H,5-12H2,1H3. The van der Waals surface area contributed by atoms with E-state index in [1.54, 1.807) is 0 Å². The Bertz CT molecular complexity index is 406. The molecule has 0 bridgehead atoms. The molecule has 1 N–H and O–H groups in total. The molecule has 0 unspecified atom stereocenters. The summed E-state index contributed by atoms with van der Waals surface area (Å²) in [5.74, 6) is 0.901. The van der Waals surface area contributed by atoms with Crippen molar-refractivity contribution in [2.45, 2.75) is 51.7 Å². The molecule has 1 aliphatic heterocycles. The zero-order chi connectivity index (χ0) is 13.1. The van der Waals surface area contributed by atoms with Crippen molar-refractivity contribution in [3.63, 3.8) is 0 Å². The van der Waals surface area contributed by atoms with Crippen molar-refractivity contribution >= 4 is 0 Å². The van der Waals surface area contributed by atoms with Crippen LogP contribution in [0, 0.1) is 5.92 Å². The summed E-state index contributed by atoms with van der Waals surface area (Å²) in [6.45, 7) is 6.76. The first-order valence-electron chi connectivity index (χ1n) is 7.70. The van der Waals surface area contributed by atoms with Gasteiger partial charge < -0.3 is 5.32 Å². The van der Waals surface area contributed by atoms with Crippen molar-refractivity contribution in [1.29, 1.82) is 0 Å². The maximum absolute atomic E-state index is 4.78. The van der Waals surface area contributed by atoms with E-state index in [4.69, 9.17) is 4.98 Å². The van der Waals surface area contributed by atoms with E-state index in [0.717, 1.165) is 25.0 Å². The maximum Gasteiger partial charge on any atom is 0.0547 e. The van der Waals surface area contributed by atoms with E-state index >= 15 is 0 Å². The zero-order valence-electron chi connectivity index (χ0n) is 11.9. The lowest BCUT2D eigenvalue weighted by molar-refractivity contribution is 0.183. The molecule has 1 aromatic rings. The minimum absolute atomic E-state index is 0.758. The van der Waals surface area contributed by atoms with E-state index in [1.165, 1.54) is 50.2 Å². The molecule has 3 nitrogen and oxygen atoms in total. The number of aromatic nitrogens is 1. The lowest BCUT2D eigenvalue weighted by atomic mass is 9.99. The Morgan fingerprint density at radius 1 is 1.16 bits per heavy atom. The predicted octanol–water partition coefficient (Wildman–Crippen LogP) is 2.57. The van der Waals surface area contributed by atoms with Gasteiger partial charge >= 0.3 is 0 Å². The molecule has 2 fully saturated rings. The van der Waals surface area contributed by atoms with Crippen LogP contribution in [-0.2, 0) is 13.1 Å². The fourth-order valence-corrected chi connectivity index (χ4v) is 2.70. The normalized spacial score (nSPS) is 21.7. The number of rotatable bonds is 5. The first kappa shape index (κ1) is 13.1. The number of pyridine rings is 1. The van der Waals surface area contributed by atoms with Gasteiger partial charge in [0.25, 0.3) is 0 Å². The number of piperidine rings is 1. The molecule has 1 saturated heterocycles. The van der Waals surface area contributed by atoms with Gasteiger partial charge in [-0.3, -0.25) is 9.88 Å². The van der Waals surface area contributed by atoms with Gasteiger partial charge in [-0.25, -0.2) is 0 Å². The molecule has 0 spiro atoms. The Labute approximate surface area is 116 Å². The highest BCUT2D eigenvalue weighted by Gasteiger charge is 2.20. The molecule has 0 aromatic carbocycles. The lowest BCUT2D eigenvalue weighted by Gasteiger charge is -2.29. The summed E-state index contributed by atoms with van der Waals surface area (Å²) in [6, 6.07) is 7.21. The predicted molar refractivity (Wildman–Crippen MR) is 77.8 cm³/mol. The molecule has 0 radical (unpaired) electrons. The summed E-state index contributed by atoms with van der Waals surface area (Å²) in [5, 5.41) is 3.53. The lowest BCUT2D eigenvalue weighted by Crippen LogP contribution is -2.32. The second kappa shape index (κ2) is 6.02. The Balaban J connectivity index is 1.53. The molecule has 0 atom stereocenters. The molecular formula is C16H25N3. The number of likely N-dealkylation sites (tertiary alicyclic amines) is 1. The Hall–Kier alpha value is -0.930. The number of hydrogen-bond donors (Lipinski definition) is 1. The van der Waals surface area contributed by atoms with Crippen molar-refractivity contribution in [3.8, 4) is 0 Å². The fourth-order valence-electron chi connectivity index (χ4n) is 2.70. The maximum atomic E-state index is 4.78. The zero-order valence-corrected chi connectivity index (χ0v) is 11.9. The summed E-state index contributed by atoms with van der Waals surface area (Å²) in [4.78, 5) is 7.32. The van der Waals surface area contributed by atoms with Gasteiger partial charge in [0.05, 0.1) is 11.4 Å². The van der Waals surface area contributed by atoms with Crippen LogP contribution >= 0.6 is 0 Å². The van der Waals surface area contributed by atoms with E-state index < -0.39 is 0 Å². The highest BCUT2D eigenvalue weighted by Crippen LogP contribution is 2.19. The largest absolute Gasteiger partial charge is 0.308 e. The molecule has 1 aliphatic carbocycles. The highest BCUT2D eigenvalue weighted by atomic mass is 15.1. The Kier molecular flexibility index (Phi) is 4.14. The smallest absolute Gasteiger partial charge is 0.0547 e. The minimum Gasteiger partial charge on any atom is -0.308 e. The third kappa shape index (κ3) is 4.02. The Morgan fingerprint density at radius 3 is 2.63 bits per heavy atom. The first-order valence-corrected chi connectivity index (χ1v) is 7.70. The van der Waals surface area contributed by atoms with Crippen LogP contribution in [0.3, 0.4) is 0 Å². The van der Waals surface area contributed by atoms with Crippen LogP contribution in [-0.4, -0.2) is 29.0 Å². The highest BCUT2D eigenvalue weighted by molar-refractivity contribution is 5.11. The molecule has 1 aromatic heterocycles. The molecule has 0 amide bonds. The van der Waals surface area contributed by atoms with E-state index in [1.807, 2.05) is 0 Å². The molecule has 2 heterocycles. The van der Waals surface area contributed by atoms with Gasteiger partial charge in [0, 0.05) is 19.1 Å². The molecule has 3 heteroatoms. The van der Waals surface area contributed by atoms with Crippen molar-refractivity contribution in [2.75, 3.05) is 13.1 Å². The summed E-state index contributed by atoms with van der Waals surface area (Å²) < 4.78 is 0. The third-order valence-electron chi connectivity index (χ3n) is 4.28. The van der Waals surface area contributed by atoms with E-state index in [9.17, 15) is 0 Å². The van der Waals surface area contributed by atoms with Gasteiger partial charge in [-0.2, -0.15) is 0 Å². The van der Waals surface area contributed by atoms with E-state index in [2.05, 4.69) is 35.3 Å². The second-order valence-corrected chi connectivity index (χ2v) is 6.23. The van der Waals surface area contributed by atoms with Gasteiger partial charge in [0.2, 0.25) is 0 Å². The molecule has 2 aliphatic rings. The molecule has 19 heavy (non-hydrogen) atoms. The molecular weight excluding hydrogens is 234 g/mol. The van der Waals surface area contributed by atoms with Gasteiger partial charge in [0.1, 0.15) is 0 Å². The average molecular weight is 259 g/mol. The average Bonchev–Trinajstić information content (AvgIpc) is 3.24. The van der Waals surface area contributed by atoms with Crippen LogP contribution in [0.15, 0.2) is 18.2 Å². The second-order valence-electron chi connectivity index (χ2n) is 6.23. The topological polar surface area (TPSA) is 28.2 Å². The number of nitrogens with zero attached hydrogens (tertiary/aromatic N) is 2. The van der Waals surface area contributed by atoms with Crippen LogP contribution in [0.25, 0.3) is 0 Å². The summed E-state index contributed by atoms with van der Waals surface area (Å²) in [7, 11) is 0. The van der Waals surface area contributed by atoms with Crippen LogP contribution < -0.4 is 5.32 Å². The molecule has 3 rings (SSSR count). The number of hydrogen-bond acceptors (Lipinski definition) is 3. The van der Waals surface area contributed by atoms with Gasteiger partial charge in [-0.15, -0.1) is 0 Å². The summed E-state index contributed by atoms with van der Waals surface area (Å²) in [5.41, 5.74) is 2.42.